The molecule has 108 valence electrons. The second-order valence-corrected chi connectivity index (χ2v) is 5.17. The second-order valence-electron chi connectivity index (χ2n) is 5.17. The molecule has 0 aliphatic rings. The Balaban J connectivity index is 2.74. The van der Waals surface area contributed by atoms with Crippen LogP contribution in [0.15, 0.2) is 18.2 Å². The third-order valence-electron chi connectivity index (χ3n) is 3.08. The second kappa shape index (κ2) is 7.36. The van der Waals surface area contributed by atoms with E-state index < -0.39 is 0 Å². The molecule has 0 saturated carbocycles. The SMILES string of the molecule is COc1ccc(C(C)NC(C)CN(C)C)cc1OC. The van der Waals surface area contributed by atoms with Crippen LogP contribution in [0, 0.1) is 0 Å². The topological polar surface area (TPSA) is 33.7 Å². The maximum Gasteiger partial charge on any atom is 0.161 e. The minimum absolute atomic E-state index is 0.273. The molecule has 0 fully saturated rings. The first-order valence-corrected chi connectivity index (χ1v) is 6.60. The van der Waals surface area contributed by atoms with Crippen molar-refractivity contribution in [3.63, 3.8) is 0 Å². The Bertz CT molecular complexity index is 394. The Labute approximate surface area is 116 Å². The molecule has 19 heavy (non-hydrogen) atoms. The van der Waals surface area contributed by atoms with Gasteiger partial charge in [-0.3, -0.25) is 0 Å². The van der Waals surface area contributed by atoms with Crippen molar-refractivity contribution in [1.82, 2.24) is 10.2 Å². The van der Waals surface area contributed by atoms with Crippen LogP contribution < -0.4 is 14.8 Å². The van der Waals surface area contributed by atoms with E-state index in [0.29, 0.717) is 6.04 Å². The molecule has 2 unspecified atom stereocenters. The van der Waals surface area contributed by atoms with Gasteiger partial charge in [-0.2, -0.15) is 0 Å². The summed E-state index contributed by atoms with van der Waals surface area (Å²) in [5, 5.41) is 3.58. The summed E-state index contributed by atoms with van der Waals surface area (Å²) in [7, 11) is 7.48. The van der Waals surface area contributed by atoms with E-state index in [1.165, 1.54) is 5.56 Å². The molecule has 2 atom stereocenters. The van der Waals surface area contributed by atoms with Crippen molar-refractivity contribution in [2.45, 2.75) is 25.9 Å². The number of ether oxygens (including phenoxy) is 2. The highest BCUT2D eigenvalue weighted by Crippen LogP contribution is 2.29. The van der Waals surface area contributed by atoms with Crippen LogP contribution in [0.5, 0.6) is 11.5 Å². The van der Waals surface area contributed by atoms with Crippen LogP contribution in [0.25, 0.3) is 0 Å². The monoisotopic (exact) mass is 266 g/mol. The smallest absolute Gasteiger partial charge is 0.161 e. The third kappa shape index (κ3) is 4.73. The van der Waals surface area contributed by atoms with Crippen molar-refractivity contribution in [3.05, 3.63) is 23.8 Å². The largest absolute Gasteiger partial charge is 0.493 e. The molecule has 0 amide bonds. The van der Waals surface area contributed by atoms with Gasteiger partial charge in [0.2, 0.25) is 0 Å². The summed E-state index contributed by atoms with van der Waals surface area (Å²) in [5.74, 6) is 1.54. The quantitative estimate of drug-likeness (QED) is 0.821. The summed E-state index contributed by atoms with van der Waals surface area (Å²) < 4.78 is 10.6. The van der Waals surface area contributed by atoms with E-state index >= 15 is 0 Å². The molecule has 0 saturated heterocycles. The average Bonchev–Trinajstić information content (AvgIpc) is 2.36. The minimum Gasteiger partial charge on any atom is -0.493 e. The number of nitrogens with zero attached hydrogens (tertiary/aromatic N) is 1. The van der Waals surface area contributed by atoms with Gasteiger partial charge in [0.05, 0.1) is 14.2 Å². The zero-order chi connectivity index (χ0) is 14.4. The van der Waals surface area contributed by atoms with Gasteiger partial charge in [-0.05, 0) is 45.6 Å². The molecule has 1 aromatic carbocycles. The van der Waals surface area contributed by atoms with Crippen molar-refractivity contribution in [1.29, 1.82) is 0 Å². The van der Waals surface area contributed by atoms with Gasteiger partial charge >= 0.3 is 0 Å². The standard InChI is InChI=1S/C15H26N2O2/c1-11(10-17(3)4)16-12(2)13-7-8-14(18-5)15(9-13)19-6/h7-9,11-12,16H,10H2,1-6H3. The van der Waals surface area contributed by atoms with Crippen LogP contribution in [-0.4, -0.2) is 45.8 Å². The molecule has 4 heteroatoms. The summed E-state index contributed by atoms with van der Waals surface area (Å²) in [6.07, 6.45) is 0. The Hall–Kier alpha value is -1.26. The zero-order valence-electron chi connectivity index (χ0n) is 12.9. The molecule has 1 N–H and O–H groups in total. The fourth-order valence-electron chi connectivity index (χ4n) is 2.25. The highest BCUT2D eigenvalue weighted by atomic mass is 16.5. The van der Waals surface area contributed by atoms with Crippen LogP contribution in [0.4, 0.5) is 0 Å². The highest BCUT2D eigenvalue weighted by molar-refractivity contribution is 5.43. The van der Waals surface area contributed by atoms with Gasteiger partial charge in [-0.1, -0.05) is 6.07 Å². The van der Waals surface area contributed by atoms with Gasteiger partial charge in [0.25, 0.3) is 0 Å². The first kappa shape index (κ1) is 15.8. The average molecular weight is 266 g/mol. The van der Waals surface area contributed by atoms with Crippen LogP contribution in [0.2, 0.25) is 0 Å². The molecule has 0 spiro atoms. The van der Waals surface area contributed by atoms with E-state index in [1.807, 2.05) is 12.1 Å². The minimum atomic E-state index is 0.273. The molecule has 0 bridgehead atoms. The van der Waals surface area contributed by atoms with E-state index in [9.17, 15) is 0 Å². The molecule has 0 aliphatic carbocycles. The van der Waals surface area contributed by atoms with Gasteiger partial charge in [0.15, 0.2) is 11.5 Å². The fourth-order valence-corrected chi connectivity index (χ4v) is 2.25. The first-order valence-electron chi connectivity index (χ1n) is 6.60. The zero-order valence-corrected chi connectivity index (χ0v) is 12.9. The maximum absolute atomic E-state index is 5.34. The molecule has 0 heterocycles. The van der Waals surface area contributed by atoms with Gasteiger partial charge in [0.1, 0.15) is 0 Å². The van der Waals surface area contributed by atoms with Gasteiger partial charge in [0, 0.05) is 18.6 Å². The van der Waals surface area contributed by atoms with Crippen molar-refractivity contribution >= 4 is 0 Å². The van der Waals surface area contributed by atoms with E-state index in [-0.39, 0.29) is 6.04 Å². The summed E-state index contributed by atoms with van der Waals surface area (Å²) in [5.41, 5.74) is 1.20. The van der Waals surface area contributed by atoms with Crippen molar-refractivity contribution in [2.24, 2.45) is 0 Å². The summed E-state index contributed by atoms with van der Waals surface area (Å²) >= 11 is 0. The molecule has 0 aromatic heterocycles. The van der Waals surface area contributed by atoms with Crippen molar-refractivity contribution in [3.8, 4) is 11.5 Å². The Kier molecular flexibility index (Phi) is 6.12. The lowest BCUT2D eigenvalue weighted by Crippen LogP contribution is -2.37. The number of benzene rings is 1. The number of hydrogen-bond donors (Lipinski definition) is 1. The number of nitrogens with one attached hydrogen (secondary N) is 1. The predicted molar refractivity (Wildman–Crippen MR) is 79.1 cm³/mol. The van der Waals surface area contributed by atoms with E-state index in [0.717, 1.165) is 18.0 Å². The molecular formula is C15H26N2O2. The predicted octanol–water partition coefficient (Wildman–Crippen LogP) is 2.30. The van der Waals surface area contributed by atoms with Crippen molar-refractivity contribution < 1.29 is 9.47 Å². The maximum atomic E-state index is 5.34. The summed E-state index contributed by atoms with van der Waals surface area (Å²) in [6.45, 7) is 5.36. The molecule has 4 nitrogen and oxygen atoms in total. The summed E-state index contributed by atoms with van der Waals surface area (Å²) in [6, 6.07) is 6.75. The van der Waals surface area contributed by atoms with Crippen LogP contribution in [0.3, 0.4) is 0 Å². The number of methoxy groups -OCH3 is 2. The van der Waals surface area contributed by atoms with Crippen LogP contribution in [-0.2, 0) is 0 Å². The molecular weight excluding hydrogens is 240 g/mol. The Morgan fingerprint density at radius 2 is 1.74 bits per heavy atom. The fraction of sp³-hybridized carbons (Fsp3) is 0.600. The summed E-state index contributed by atoms with van der Waals surface area (Å²) in [4.78, 5) is 2.18. The van der Waals surface area contributed by atoms with Crippen molar-refractivity contribution in [2.75, 3.05) is 34.9 Å². The lowest BCUT2D eigenvalue weighted by molar-refractivity contribution is 0.333. The van der Waals surface area contributed by atoms with Gasteiger partial charge < -0.3 is 19.7 Å². The Morgan fingerprint density at radius 1 is 1.11 bits per heavy atom. The number of likely N-dealkylation sites (N-methyl/N-ethyl adjacent to an activating group) is 1. The molecule has 0 radical (unpaired) electrons. The normalized spacial score (nSPS) is 14.3. The Morgan fingerprint density at radius 3 is 2.26 bits per heavy atom. The highest BCUT2D eigenvalue weighted by Gasteiger charge is 2.12. The number of hydrogen-bond acceptors (Lipinski definition) is 4. The first-order chi connectivity index (χ1) is 8.97. The lowest BCUT2D eigenvalue weighted by Gasteiger charge is -2.23. The van der Waals surface area contributed by atoms with Crippen LogP contribution in [0.1, 0.15) is 25.5 Å². The van der Waals surface area contributed by atoms with E-state index in [1.54, 1.807) is 14.2 Å². The van der Waals surface area contributed by atoms with Gasteiger partial charge in [-0.15, -0.1) is 0 Å². The molecule has 1 aromatic rings. The lowest BCUT2D eigenvalue weighted by atomic mass is 10.1. The number of rotatable bonds is 7. The van der Waals surface area contributed by atoms with Crippen LogP contribution >= 0.6 is 0 Å². The van der Waals surface area contributed by atoms with E-state index in [4.69, 9.17) is 9.47 Å². The molecule has 1 rings (SSSR count). The van der Waals surface area contributed by atoms with E-state index in [2.05, 4.69) is 44.2 Å². The third-order valence-corrected chi connectivity index (χ3v) is 3.08. The van der Waals surface area contributed by atoms with Gasteiger partial charge in [-0.25, -0.2) is 0 Å². The molecule has 0 aliphatic heterocycles.